The Bertz CT molecular complexity index is 409. The molecule has 1 saturated carbocycles. The minimum Gasteiger partial charge on any atom is -0.336 e. The molecule has 1 aliphatic carbocycles. The molecule has 2 N–H and O–H groups in total. The van der Waals surface area contributed by atoms with Crippen molar-refractivity contribution < 1.29 is 4.79 Å². The minimum atomic E-state index is 0.0217. The van der Waals surface area contributed by atoms with Crippen molar-refractivity contribution in [3.63, 3.8) is 0 Å². The van der Waals surface area contributed by atoms with Crippen molar-refractivity contribution in [1.82, 2.24) is 14.9 Å². The molecule has 1 amide bonds. The molecule has 1 heterocycles. The summed E-state index contributed by atoms with van der Waals surface area (Å²) >= 11 is 0. The van der Waals surface area contributed by atoms with Gasteiger partial charge in [0.2, 0.25) is 0 Å². The lowest BCUT2D eigenvalue weighted by atomic mass is 9.83. The average Bonchev–Trinajstić information content (AvgIpc) is 2.49. The summed E-state index contributed by atoms with van der Waals surface area (Å²) < 4.78 is 0. The highest BCUT2D eigenvalue weighted by atomic mass is 16.2. The summed E-state index contributed by atoms with van der Waals surface area (Å²) in [5, 5.41) is 0. The third kappa shape index (κ3) is 3.10. The molecule has 1 aliphatic rings. The van der Waals surface area contributed by atoms with Gasteiger partial charge < -0.3 is 10.6 Å². The fourth-order valence-electron chi connectivity index (χ4n) is 2.98. The van der Waals surface area contributed by atoms with E-state index in [4.69, 9.17) is 5.73 Å². The molecule has 1 fully saturated rings. The SMILES string of the molecule is CCN(C(=O)c1cncnc1)C1CCCCC1CN. The number of nitrogens with zero attached hydrogens (tertiary/aromatic N) is 3. The zero-order valence-corrected chi connectivity index (χ0v) is 11.5. The summed E-state index contributed by atoms with van der Waals surface area (Å²) in [6.45, 7) is 3.37. The highest BCUT2D eigenvalue weighted by Crippen LogP contribution is 2.28. The standard InChI is InChI=1S/C14H22N4O/c1-2-18(13-6-4-3-5-11(13)7-15)14(19)12-8-16-10-17-9-12/h8-11,13H,2-7,15H2,1H3. The molecule has 104 valence electrons. The number of aromatic nitrogens is 2. The van der Waals surface area contributed by atoms with E-state index in [1.165, 1.54) is 19.2 Å². The van der Waals surface area contributed by atoms with Crippen molar-refractivity contribution in [1.29, 1.82) is 0 Å². The molecular formula is C14H22N4O. The van der Waals surface area contributed by atoms with Crippen LogP contribution in [0.4, 0.5) is 0 Å². The van der Waals surface area contributed by atoms with Crippen LogP contribution in [-0.4, -0.2) is 39.9 Å². The molecule has 0 bridgehead atoms. The molecule has 0 spiro atoms. The van der Waals surface area contributed by atoms with E-state index < -0.39 is 0 Å². The molecule has 0 saturated heterocycles. The minimum absolute atomic E-state index is 0.0217. The normalized spacial score (nSPS) is 23.1. The van der Waals surface area contributed by atoms with E-state index in [0.717, 1.165) is 12.8 Å². The number of amides is 1. The van der Waals surface area contributed by atoms with Gasteiger partial charge in [0.05, 0.1) is 5.56 Å². The van der Waals surface area contributed by atoms with E-state index >= 15 is 0 Å². The van der Waals surface area contributed by atoms with Crippen LogP contribution in [0.25, 0.3) is 0 Å². The van der Waals surface area contributed by atoms with Crippen LogP contribution in [0.2, 0.25) is 0 Å². The first kappa shape index (κ1) is 13.9. The van der Waals surface area contributed by atoms with E-state index in [-0.39, 0.29) is 11.9 Å². The third-order valence-corrected chi connectivity index (χ3v) is 3.98. The first-order valence-electron chi connectivity index (χ1n) is 7.04. The van der Waals surface area contributed by atoms with E-state index in [9.17, 15) is 4.79 Å². The Morgan fingerprint density at radius 2 is 2.05 bits per heavy atom. The highest BCUT2D eigenvalue weighted by Gasteiger charge is 2.31. The van der Waals surface area contributed by atoms with Crippen LogP contribution >= 0.6 is 0 Å². The number of rotatable bonds is 4. The first-order chi connectivity index (χ1) is 9.27. The summed E-state index contributed by atoms with van der Waals surface area (Å²) in [4.78, 5) is 22.3. The smallest absolute Gasteiger partial charge is 0.257 e. The van der Waals surface area contributed by atoms with Crippen LogP contribution in [0.5, 0.6) is 0 Å². The molecule has 2 unspecified atom stereocenters. The molecule has 5 heteroatoms. The summed E-state index contributed by atoms with van der Waals surface area (Å²) in [7, 11) is 0. The van der Waals surface area contributed by atoms with Gasteiger partial charge in [-0.1, -0.05) is 12.8 Å². The zero-order valence-electron chi connectivity index (χ0n) is 11.5. The van der Waals surface area contributed by atoms with Gasteiger partial charge in [-0.15, -0.1) is 0 Å². The van der Waals surface area contributed by atoms with E-state index in [0.29, 0.717) is 24.6 Å². The highest BCUT2D eigenvalue weighted by molar-refractivity contribution is 5.93. The Kier molecular flexibility index (Phi) is 4.85. The lowest BCUT2D eigenvalue weighted by Gasteiger charge is -2.39. The van der Waals surface area contributed by atoms with Crippen LogP contribution < -0.4 is 5.73 Å². The Morgan fingerprint density at radius 3 is 2.68 bits per heavy atom. The van der Waals surface area contributed by atoms with Crippen LogP contribution in [0.3, 0.4) is 0 Å². The van der Waals surface area contributed by atoms with Gasteiger partial charge in [0.25, 0.3) is 5.91 Å². The van der Waals surface area contributed by atoms with Crippen LogP contribution in [0.1, 0.15) is 43.0 Å². The van der Waals surface area contributed by atoms with Crippen molar-refractivity contribution in [2.45, 2.75) is 38.6 Å². The van der Waals surface area contributed by atoms with Gasteiger partial charge in [0.15, 0.2) is 0 Å². The van der Waals surface area contributed by atoms with Crippen molar-refractivity contribution in [3.8, 4) is 0 Å². The monoisotopic (exact) mass is 262 g/mol. The van der Waals surface area contributed by atoms with Crippen molar-refractivity contribution in [2.75, 3.05) is 13.1 Å². The van der Waals surface area contributed by atoms with Crippen LogP contribution in [0, 0.1) is 5.92 Å². The summed E-state index contributed by atoms with van der Waals surface area (Å²) in [6.07, 6.45) is 9.17. The molecule has 19 heavy (non-hydrogen) atoms. The predicted octanol–water partition coefficient (Wildman–Crippen LogP) is 1.46. The van der Waals surface area contributed by atoms with Gasteiger partial charge in [0, 0.05) is 25.0 Å². The molecule has 1 aromatic rings. The lowest BCUT2D eigenvalue weighted by Crippen LogP contribution is -2.48. The average molecular weight is 262 g/mol. The van der Waals surface area contributed by atoms with Crippen molar-refractivity contribution in [3.05, 3.63) is 24.3 Å². The molecule has 5 nitrogen and oxygen atoms in total. The quantitative estimate of drug-likeness (QED) is 0.891. The summed E-state index contributed by atoms with van der Waals surface area (Å²) in [6, 6.07) is 0.261. The molecule has 0 aliphatic heterocycles. The van der Waals surface area contributed by atoms with Gasteiger partial charge in [-0.05, 0) is 32.2 Å². The maximum atomic E-state index is 12.5. The number of hydrogen-bond donors (Lipinski definition) is 1. The zero-order chi connectivity index (χ0) is 13.7. The fraction of sp³-hybridized carbons (Fsp3) is 0.643. The second kappa shape index (κ2) is 6.61. The maximum absolute atomic E-state index is 12.5. The molecule has 2 atom stereocenters. The van der Waals surface area contributed by atoms with Gasteiger partial charge >= 0.3 is 0 Å². The third-order valence-electron chi connectivity index (χ3n) is 3.98. The summed E-state index contributed by atoms with van der Waals surface area (Å²) in [5.74, 6) is 0.440. The predicted molar refractivity (Wildman–Crippen MR) is 73.5 cm³/mol. The molecule has 1 aromatic heterocycles. The van der Waals surface area contributed by atoms with Gasteiger partial charge in [-0.25, -0.2) is 9.97 Å². The Morgan fingerprint density at radius 1 is 1.37 bits per heavy atom. The Labute approximate surface area is 114 Å². The first-order valence-corrected chi connectivity index (χ1v) is 7.04. The number of nitrogens with two attached hydrogens (primary N) is 1. The van der Waals surface area contributed by atoms with Gasteiger partial charge in [0.1, 0.15) is 6.33 Å². The van der Waals surface area contributed by atoms with E-state index in [2.05, 4.69) is 9.97 Å². The summed E-state index contributed by atoms with van der Waals surface area (Å²) in [5.41, 5.74) is 6.42. The van der Waals surface area contributed by atoms with Crippen molar-refractivity contribution in [2.24, 2.45) is 11.7 Å². The molecular weight excluding hydrogens is 240 g/mol. The molecule has 0 aromatic carbocycles. The van der Waals surface area contributed by atoms with Crippen LogP contribution in [-0.2, 0) is 0 Å². The van der Waals surface area contributed by atoms with Gasteiger partial charge in [-0.2, -0.15) is 0 Å². The van der Waals surface area contributed by atoms with E-state index in [1.54, 1.807) is 12.4 Å². The Hall–Kier alpha value is -1.49. The van der Waals surface area contributed by atoms with Crippen LogP contribution in [0.15, 0.2) is 18.7 Å². The number of carbonyl (C=O) groups is 1. The Balaban J connectivity index is 2.16. The largest absolute Gasteiger partial charge is 0.336 e. The fourth-order valence-corrected chi connectivity index (χ4v) is 2.98. The van der Waals surface area contributed by atoms with Crippen molar-refractivity contribution >= 4 is 5.91 Å². The second-order valence-corrected chi connectivity index (χ2v) is 5.07. The maximum Gasteiger partial charge on any atom is 0.257 e. The second-order valence-electron chi connectivity index (χ2n) is 5.07. The number of hydrogen-bond acceptors (Lipinski definition) is 4. The molecule has 0 radical (unpaired) electrons. The molecule has 2 rings (SSSR count). The topological polar surface area (TPSA) is 72.1 Å². The van der Waals surface area contributed by atoms with Gasteiger partial charge in [-0.3, -0.25) is 4.79 Å². The number of carbonyl (C=O) groups excluding carboxylic acids is 1. The lowest BCUT2D eigenvalue weighted by molar-refractivity contribution is 0.0559. The van der Waals surface area contributed by atoms with E-state index in [1.807, 2.05) is 11.8 Å².